The van der Waals surface area contributed by atoms with Gasteiger partial charge in [-0.05, 0) is 19.1 Å². The molecule has 0 radical (unpaired) electrons. The lowest BCUT2D eigenvalue weighted by atomic mass is 10.2. The molecule has 6 nitrogen and oxygen atoms in total. The number of aliphatic hydroxyl groups is 1. The number of aryl methyl sites for hydroxylation is 1. The lowest BCUT2D eigenvalue weighted by Crippen LogP contribution is -2.42. The first-order valence-corrected chi connectivity index (χ1v) is 8.12. The van der Waals surface area contributed by atoms with Gasteiger partial charge in [-0.15, -0.1) is 0 Å². The van der Waals surface area contributed by atoms with Crippen LogP contribution in [-0.2, 0) is 24.0 Å². The van der Waals surface area contributed by atoms with E-state index in [2.05, 4.69) is 0 Å². The first-order valence-electron chi connectivity index (χ1n) is 6.58. The number of aliphatic hydroxyl groups excluding tert-OH is 1. The van der Waals surface area contributed by atoms with Crippen LogP contribution < -0.4 is 0 Å². The Morgan fingerprint density at radius 1 is 1.19 bits per heavy atom. The summed E-state index contributed by atoms with van der Waals surface area (Å²) < 4.78 is 41.4. The zero-order valence-electron chi connectivity index (χ0n) is 12.2. The van der Waals surface area contributed by atoms with E-state index in [1.54, 1.807) is 24.3 Å². The third-order valence-corrected chi connectivity index (χ3v) is 5.88. The van der Waals surface area contributed by atoms with Gasteiger partial charge in [0.15, 0.2) is 16.1 Å². The molecule has 0 aliphatic carbocycles. The van der Waals surface area contributed by atoms with Crippen molar-refractivity contribution >= 4 is 9.84 Å². The molecule has 2 rings (SSSR count). The smallest absolute Gasteiger partial charge is 0.186 e. The van der Waals surface area contributed by atoms with Gasteiger partial charge < -0.3 is 19.3 Å². The molecule has 1 saturated heterocycles. The average molecular weight is 316 g/mol. The number of hydrogen-bond donors (Lipinski definition) is 1. The second-order valence-corrected chi connectivity index (χ2v) is 7.09. The van der Waals surface area contributed by atoms with Crippen molar-refractivity contribution in [2.45, 2.75) is 35.6 Å². The van der Waals surface area contributed by atoms with Crippen molar-refractivity contribution in [2.75, 3.05) is 20.8 Å². The lowest BCUT2D eigenvalue weighted by molar-refractivity contribution is -0.159. The molecular weight excluding hydrogens is 296 g/mol. The van der Waals surface area contributed by atoms with E-state index in [-0.39, 0.29) is 4.90 Å². The van der Waals surface area contributed by atoms with Crippen LogP contribution in [0.1, 0.15) is 5.56 Å². The summed E-state index contributed by atoms with van der Waals surface area (Å²) in [5.41, 5.74) is 0.966. The zero-order chi connectivity index (χ0) is 15.6. The van der Waals surface area contributed by atoms with Crippen LogP contribution in [-0.4, -0.2) is 58.1 Å². The first-order chi connectivity index (χ1) is 9.95. The van der Waals surface area contributed by atoms with E-state index >= 15 is 0 Å². The minimum atomic E-state index is -3.71. The molecule has 0 aromatic heterocycles. The Labute approximate surface area is 124 Å². The maximum absolute atomic E-state index is 12.8. The third kappa shape index (κ3) is 2.97. The highest BCUT2D eigenvalue weighted by Crippen LogP contribution is 2.33. The molecular formula is C14H20O6S. The van der Waals surface area contributed by atoms with E-state index in [9.17, 15) is 13.5 Å². The molecule has 4 atom stereocenters. The molecule has 7 heteroatoms. The Bertz CT molecular complexity index is 568. The molecule has 0 amide bonds. The molecule has 1 aliphatic heterocycles. The standard InChI is InChI=1S/C14H20O6S/c1-9-4-6-10(7-5-9)21(16,17)13-11(8-15)20-14(19-3)12(13)18-2/h4-7,11-15H,8H2,1-3H3/t11-,12+,13-,14+/m1/s1. The Hall–Kier alpha value is -0.990. The SMILES string of the molecule is CO[C@H]1O[C@H](CO)[C@@H](S(=O)(=O)c2ccc(C)cc2)[C@@H]1OC. The molecule has 0 saturated carbocycles. The maximum Gasteiger partial charge on any atom is 0.186 e. The van der Waals surface area contributed by atoms with E-state index in [0.717, 1.165) is 5.56 Å². The van der Waals surface area contributed by atoms with Crippen molar-refractivity contribution in [3.05, 3.63) is 29.8 Å². The van der Waals surface area contributed by atoms with Gasteiger partial charge in [-0.25, -0.2) is 8.42 Å². The van der Waals surface area contributed by atoms with Gasteiger partial charge in [-0.2, -0.15) is 0 Å². The number of sulfone groups is 1. The van der Waals surface area contributed by atoms with Crippen molar-refractivity contribution in [2.24, 2.45) is 0 Å². The van der Waals surface area contributed by atoms with Crippen molar-refractivity contribution < 1.29 is 27.7 Å². The number of ether oxygens (including phenoxy) is 3. The molecule has 0 spiro atoms. The van der Waals surface area contributed by atoms with Gasteiger partial charge in [0, 0.05) is 14.2 Å². The molecule has 1 aromatic carbocycles. The summed E-state index contributed by atoms with van der Waals surface area (Å²) in [6, 6.07) is 6.55. The van der Waals surface area contributed by atoms with Crippen LogP contribution in [0.3, 0.4) is 0 Å². The number of hydrogen-bond acceptors (Lipinski definition) is 6. The Morgan fingerprint density at radius 2 is 1.81 bits per heavy atom. The Morgan fingerprint density at radius 3 is 2.29 bits per heavy atom. The normalized spacial score (nSPS) is 29.7. The van der Waals surface area contributed by atoms with Gasteiger partial charge in [0.2, 0.25) is 0 Å². The van der Waals surface area contributed by atoms with Gasteiger partial charge in [0.1, 0.15) is 17.5 Å². The monoisotopic (exact) mass is 316 g/mol. The summed E-state index contributed by atoms with van der Waals surface area (Å²) in [4.78, 5) is 0.180. The van der Waals surface area contributed by atoms with Crippen LogP contribution in [0.4, 0.5) is 0 Å². The van der Waals surface area contributed by atoms with Crippen molar-refractivity contribution in [1.29, 1.82) is 0 Å². The highest BCUT2D eigenvalue weighted by Gasteiger charge is 2.52. The lowest BCUT2D eigenvalue weighted by Gasteiger charge is -2.22. The first kappa shape index (κ1) is 16.4. The quantitative estimate of drug-likeness (QED) is 0.852. The molecule has 0 unspecified atom stereocenters. The summed E-state index contributed by atoms with van der Waals surface area (Å²) in [7, 11) is -0.902. The minimum absolute atomic E-state index is 0.180. The number of methoxy groups -OCH3 is 2. The van der Waals surface area contributed by atoms with Crippen molar-refractivity contribution in [3.63, 3.8) is 0 Å². The van der Waals surface area contributed by atoms with Crippen LogP contribution in [0.2, 0.25) is 0 Å². The van der Waals surface area contributed by atoms with Gasteiger partial charge in [0.05, 0.1) is 11.5 Å². The van der Waals surface area contributed by atoms with Gasteiger partial charge >= 0.3 is 0 Å². The third-order valence-electron chi connectivity index (χ3n) is 3.66. The van der Waals surface area contributed by atoms with Crippen LogP contribution in [0, 0.1) is 6.92 Å². The molecule has 1 heterocycles. The molecule has 1 aliphatic rings. The van der Waals surface area contributed by atoms with Crippen molar-refractivity contribution in [1.82, 2.24) is 0 Å². The van der Waals surface area contributed by atoms with Crippen LogP contribution in [0.15, 0.2) is 29.2 Å². The van der Waals surface area contributed by atoms with Crippen molar-refractivity contribution in [3.8, 4) is 0 Å². The molecule has 0 bridgehead atoms. The molecule has 21 heavy (non-hydrogen) atoms. The van der Waals surface area contributed by atoms with Gasteiger partial charge in [-0.1, -0.05) is 17.7 Å². The predicted octanol–water partition coefficient (Wildman–Crippen LogP) is 0.516. The maximum atomic E-state index is 12.8. The average Bonchev–Trinajstić information content (AvgIpc) is 2.86. The number of rotatable bonds is 5. The topological polar surface area (TPSA) is 82.1 Å². The van der Waals surface area contributed by atoms with Crippen LogP contribution >= 0.6 is 0 Å². The predicted molar refractivity (Wildman–Crippen MR) is 75.7 cm³/mol. The largest absolute Gasteiger partial charge is 0.394 e. The second-order valence-electron chi connectivity index (χ2n) is 4.98. The minimum Gasteiger partial charge on any atom is -0.394 e. The fourth-order valence-corrected chi connectivity index (χ4v) is 4.51. The summed E-state index contributed by atoms with van der Waals surface area (Å²) in [6.45, 7) is 1.46. The van der Waals surface area contributed by atoms with Gasteiger partial charge in [-0.3, -0.25) is 0 Å². The van der Waals surface area contributed by atoms with E-state index in [0.29, 0.717) is 0 Å². The van der Waals surface area contributed by atoms with E-state index in [1.807, 2.05) is 6.92 Å². The fourth-order valence-electron chi connectivity index (χ4n) is 2.54. The number of benzene rings is 1. The van der Waals surface area contributed by atoms with Gasteiger partial charge in [0.25, 0.3) is 0 Å². The Balaban J connectivity index is 2.42. The molecule has 118 valence electrons. The summed E-state index contributed by atoms with van der Waals surface area (Å²) in [5, 5.41) is 8.40. The summed E-state index contributed by atoms with van der Waals surface area (Å²) in [5.74, 6) is 0. The summed E-state index contributed by atoms with van der Waals surface area (Å²) in [6.07, 6.45) is -2.50. The fraction of sp³-hybridized carbons (Fsp3) is 0.571. The van der Waals surface area contributed by atoms with E-state index < -0.39 is 40.2 Å². The van der Waals surface area contributed by atoms with E-state index in [1.165, 1.54) is 14.2 Å². The highest BCUT2D eigenvalue weighted by atomic mass is 32.2. The summed E-state index contributed by atoms with van der Waals surface area (Å²) >= 11 is 0. The van der Waals surface area contributed by atoms with Crippen LogP contribution in [0.25, 0.3) is 0 Å². The van der Waals surface area contributed by atoms with E-state index in [4.69, 9.17) is 14.2 Å². The highest BCUT2D eigenvalue weighted by molar-refractivity contribution is 7.92. The zero-order valence-corrected chi connectivity index (χ0v) is 13.0. The Kier molecular flexibility index (Phi) is 5.00. The van der Waals surface area contributed by atoms with Crippen LogP contribution in [0.5, 0.6) is 0 Å². The second kappa shape index (κ2) is 6.41. The molecule has 1 aromatic rings. The molecule has 1 fully saturated rings. The molecule has 1 N–H and O–H groups in total.